The van der Waals surface area contributed by atoms with Gasteiger partial charge in [0.25, 0.3) is 0 Å². The summed E-state index contributed by atoms with van der Waals surface area (Å²) in [4.78, 5) is 38.5. The summed E-state index contributed by atoms with van der Waals surface area (Å²) in [5, 5.41) is 0. The summed E-state index contributed by atoms with van der Waals surface area (Å²) < 4.78 is 17.0. The van der Waals surface area contributed by atoms with Gasteiger partial charge < -0.3 is 14.2 Å². The number of hydrogen-bond donors (Lipinski definition) is 0. The molecule has 1 atom stereocenters. The second-order valence-corrected chi connectivity index (χ2v) is 25.2. The lowest BCUT2D eigenvalue weighted by Crippen LogP contribution is -2.30. The molecular weight excluding hydrogens is 997 g/mol. The number of carbonyl (C=O) groups excluding carboxylic acids is 3. The van der Waals surface area contributed by atoms with Crippen LogP contribution in [0.2, 0.25) is 0 Å². The topological polar surface area (TPSA) is 78.9 Å². The molecule has 0 N–H and O–H groups in total. The van der Waals surface area contributed by atoms with Crippen molar-refractivity contribution in [2.75, 3.05) is 13.2 Å². The predicted molar refractivity (Wildman–Crippen MR) is 353 cm³/mol. The molecule has 0 aromatic rings. The Labute approximate surface area is 506 Å². The van der Waals surface area contributed by atoms with Crippen LogP contribution in [0.1, 0.15) is 419 Å². The Kier molecular flexibility index (Phi) is 68.5. The van der Waals surface area contributed by atoms with Gasteiger partial charge in [-0.25, -0.2) is 0 Å². The molecule has 0 aliphatic heterocycles. The van der Waals surface area contributed by atoms with E-state index in [0.29, 0.717) is 19.3 Å². The minimum absolute atomic E-state index is 0.0654. The number of carbonyl (C=O) groups is 3. The zero-order valence-electron chi connectivity index (χ0n) is 55.1. The van der Waals surface area contributed by atoms with Crippen molar-refractivity contribution in [2.45, 2.75) is 425 Å². The lowest BCUT2D eigenvalue weighted by atomic mass is 10.0. The summed E-state index contributed by atoms with van der Waals surface area (Å²) in [7, 11) is 0. The Morgan fingerprint density at radius 1 is 0.247 bits per heavy atom. The Morgan fingerprint density at radius 2 is 0.444 bits per heavy atom. The van der Waals surface area contributed by atoms with Gasteiger partial charge in [-0.05, 0) is 51.4 Å². The molecule has 0 amide bonds. The lowest BCUT2D eigenvalue weighted by molar-refractivity contribution is -0.167. The van der Waals surface area contributed by atoms with Gasteiger partial charge in [0.1, 0.15) is 13.2 Å². The zero-order chi connectivity index (χ0) is 58.5. The Morgan fingerprint density at radius 3 is 0.704 bits per heavy atom. The highest BCUT2D eigenvalue weighted by Crippen LogP contribution is 2.19. The first kappa shape index (κ1) is 78.9. The Hall–Kier alpha value is -2.11. The number of hydrogen-bond acceptors (Lipinski definition) is 6. The van der Waals surface area contributed by atoms with Gasteiger partial charge in [-0.2, -0.15) is 0 Å². The van der Waals surface area contributed by atoms with Crippen LogP contribution in [0.15, 0.2) is 24.3 Å². The van der Waals surface area contributed by atoms with Crippen molar-refractivity contribution in [1.82, 2.24) is 0 Å². The first-order valence-corrected chi connectivity index (χ1v) is 36.8. The molecule has 0 aromatic carbocycles. The van der Waals surface area contributed by atoms with E-state index < -0.39 is 6.10 Å². The lowest BCUT2D eigenvalue weighted by Gasteiger charge is -2.18. The van der Waals surface area contributed by atoms with E-state index in [4.69, 9.17) is 14.2 Å². The van der Waals surface area contributed by atoms with E-state index in [0.717, 1.165) is 64.2 Å². The van der Waals surface area contributed by atoms with E-state index in [-0.39, 0.29) is 31.1 Å². The van der Waals surface area contributed by atoms with E-state index in [1.807, 2.05) is 0 Å². The summed E-state index contributed by atoms with van der Waals surface area (Å²) in [6.07, 6.45) is 86.4. The third kappa shape index (κ3) is 68.6. The van der Waals surface area contributed by atoms with Gasteiger partial charge >= 0.3 is 17.9 Å². The average Bonchev–Trinajstić information content (AvgIpc) is 3.47. The largest absolute Gasteiger partial charge is 0.462 e. The molecule has 6 heteroatoms. The number of unbranched alkanes of at least 4 members (excludes halogenated alkanes) is 54. The highest BCUT2D eigenvalue weighted by Gasteiger charge is 2.20. The Bertz CT molecular complexity index is 1310. The summed E-state index contributed by atoms with van der Waals surface area (Å²) in [5.41, 5.74) is 0. The molecule has 0 spiro atoms. The van der Waals surface area contributed by atoms with Gasteiger partial charge in [0.15, 0.2) is 6.10 Å². The molecule has 0 fully saturated rings. The normalized spacial score (nSPS) is 12.1. The molecule has 0 bridgehead atoms. The maximum absolute atomic E-state index is 13.0. The van der Waals surface area contributed by atoms with Gasteiger partial charge in [0, 0.05) is 19.3 Å². The smallest absolute Gasteiger partial charge is 0.306 e. The Balaban J connectivity index is 4.28. The summed E-state index contributed by atoms with van der Waals surface area (Å²) >= 11 is 0. The van der Waals surface area contributed by atoms with Crippen LogP contribution in [0.5, 0.6) is 0 Å². The number of ether oxygens (including phenoxy) is 3. The van der Waals surface area contributed by atoms with Crippen molar-refractivity contribution in [3.63, 3.8) is 0 Å². The fourth-order valence-electron chi connectivity index (χ4n) is 11.4. The van der Waals surface area contributed by atoms with E-state index in [9.17, 15) is 14.4 Å². The van der Waals surface area contributed by atoms with Crippen LogP contribution in [0.3, 0.4) is 0 Å². The summed E-state index contributed by atoms with van der Waals surface area (Å²) in [5.74, 6) is -0.832. The molecular formula is C75H142O6. The molecule has 0 aliphatic rings. The van der Waals surface area contributed by atoms with E-state index in [2.05, 4.69) is 45.1 Å². The second-order valence-electron chi connectivity index (χ2n) is 25.2. The minimum Gasteiger partial charge on any atom is -0.462 e. The third-order valence-corrected chi connectivity index (χ3v) is 17.0. The predicted octanol–water partition coefficient (Wildman–Crippen LogP) is 25.3. The molecule has 0 saturated carbocycles. The van der Waals surface area contributed by atoms with Crippen LogP contribution in [0.25, 0.3) is 0 Å². The van der Waals surface area contributed by atoms with Crippen LogP contribution in [-0.4, -0.2) is 37.2 Å². The fraction of sp³-hybridized carbons (Fsp3) is 0.907. The van der Waals surface area contributed by atoms with E-state index >= 15 is 0 Å². The number of esters is 3. The molecule has 478 valence electrons. The van der Waals surface area contributed by atoms with Crippen LogP contribution in [0, 0.1) is 0 Å². The van der Waals surface area contributed by atoms with E-state index in [1.54, 1.807) is 0 Å². The standard InChI is InChI=1S/C75H142O6/c1-4-7-10-13-16-19-22-25-28-31-34-36-37-38-39-42-44-47-50-53-56-59-62-65-68-74(77)80-71-72(70-79-73(76)67-64-61-58-55-52-49-46-43-40-33-30-27-24-21-18-15-12-9-6-3)81-75(78)69-66-63-60-57-54-51-48-45-41-35-32-29-26-23-20-17-14-11-8-5-2/h18,21,27,30,72H,4-17,19-20,22-26,28-29,31-71H2,1-3H3/b21-18-,30-27-. The van der Waals surface area contributed by atoms with E-state index in [1.165, 1.54) is 315 Å². The summed E-state index contributed by atoms with van der Waals surface area (Å²) in [6, 6.07) is 0. The average molecular weight is 1140 g/mol. The van der Waals surface area contributed by atoms with Crippen molar-refractivity contribution >= 4 is 17.9 Å². The van der Waals surface area contributed by atoms with Gasteiger partial charge in [0.05, 0.1) is 0 Å². The molecule has 0 aliphatic carbocycles. The molecule has 0 saturated heterocycles. The van der Waals surface area contributed by atoms with Gasteiger partial charge in [-0.1, -0.05) is 373 Å². The maximum Gasteiger partial charge on any atom is 0.306 e. The molecule has 0 rings (SSSR count). The zero-order valence-corrected chi connectivity index (χ0v) is 55.1. The first-order chi connectivity index (χ1) is 40.0. The first-order valence-electron chi connectivity index (χ1n) is 36.8. The molecule has 81 heavy (non-hydrogen) atoms. The van der Waals surface area contributed by atoms with Gasteiger partial charge in [-0.15, -0.1) is 0 Å². The molecule has 0 radical (unpaired) electrons. The molecule has 1 unspecified atom stereocenters. The maximum atomic E-state index is 13.0. The second kappa shape index (κ2) is 70.4. The summed E-state index contributed by atoms with van der Waals surface area (Å²) in [6.45, 7) is 6.71. The quantitative estimate of drug-likeness (QED) is 0.0261. The van der Waals surface area contributed by atoms with Crippen molar-refractivity contribution in [3.8, 4) is 0 Å². The minimum atomic E-state index is -0.770. The third-order valence-electron chi connectivity index (χ3n) is 17.0. The van der Waals surface area contributed by atoms with Crippen LogP contribution in [-0.2, 0) is 28.6 Å². The number of allylic oxidation sites excluding steroid dienone is 4. The SMILES string of the molecule is CCCCC/C=C\C/C=C\CCCCCCCCCCCC(=O)OCC(COC(=O)CCCCCCCCCCCCCCCCCCCCCCCCCC)OC(=O)CCCCCCCCCCCCCCCCCCCCCC. The monoisotopic (exact) mass is 1140 g/mol. The van der Waals surface area contributed by atoms with Gasteiger partial charge in [-0.3, -0.25) is 14.4 Å². The van der Waals surface area contributed by atoms with Crippen molar-refractivity contribution in [1.29, 1.82) is 0 Å². The highest BCUT2D eigenvalue weighted by molar-refractivity contribution is 5.71. The van der Waals surface area contributed by atoms with Crippen LogP contribution in [0.4, 0.5) is 0 Å². The molecule has 0 aromatic heterocycles. The number of rotatable bonds is 69. The highest BCUT2D eigenvalue weighted by atomic mass is 16.6. The van der Waals surface area contributed by atoms with Crippen LogP contribution >= 0.6 is 0 Å². The van der Waals surface area contributed by atoms with Crippen molar-refractivity contribution in [3.05, 3.63) is 24.3 Å². The van der Waals surface area contributed by atoms with Crippen molar-refractivity contribution in [2.24, 2.45) is 0 Å². The van der Waals surface area contributed by atoms with Crippen molar-refractivity contribution < 1.29 is 28.6 Å². The van der Waals surface area contributed by atoms with Gasteiger partial charge in [0.2, 0.25) is 0 Å². The molecule has 6 nitrogen and oxygen atoms in total. The molecule has 0 heterocycles. The fourth-order valence-corrected chi connectivity index (χ4v) is 11.4. The van der Waals surface area contributed by atoms with Crippen LogP contribution < -0.4 is 0 Å².